The molecule has 68 valence electrons. The second-order valence-electron chi connectivity index (χ2n) is 3.22. The Bertz CT molecular complexity index is 290. The lowest BCUT2D eigenvalue weighted by Crippen LogP contribution is -2.24. The first-order valence-electron chi connectivity index (χ1n) is 4.33. The minimum atomic E-state index is 0.473. The second kappa shape index (κ2) is 3.42. The molecule has 1 aromatic rings. The standard InChI is InChI=1S/C10H12N2S/c1-9(2)11-5-6-12(8-11)10-4-3-7-13-10/h3-7,9H,1-2H3. The minimum Gasteiger partial charge on any atom is -0.343 e. The van der Waals surface area contributed by atoms with Gasteiger partial charge in [0.15, 0.2) is 0 Å². The lowest BCUT2D eigenvalue weighted by atomic mass is 10.4. The van der Waals surface area contributed by atoms with E-state index in [1.807, 2.05) is 23.4 Å². The number of anilines is 1. The molecule has 0 aromatic carbocycles. The normalized spacial score (nSPS) is 16.2. The maximum atomic E-state index is 3.26. The summed E-state index contributed by atoms with van der Waals surface area (Å²) in [5.41, 5.74) is 0. The summed E-state index contributed by atoms with van der Waals surface area (Å²) in [6, 6.07) is 4.61. The van der Waals surface area contributed by atoms with Gasteiger partial charge in [-0.2, -0.15) is 0 Å². The Labute approximate surface area is 83.1 Å². The van der Waals surface area contributed by atoms with Crippen LogP contribution in [0.5, 0.6) is 0 Å². The van der Waals surface area contributed by atoms with Gasteiger partial charge in [0.05, 0.1) is 5.00 Å². The summed E-state index contributed by atoms with van der Waals surface area (Å²) >= 11 is 1.72. The van der Waals surface area contributed by atoms with Gasteiger partial charge in [-0.1, -0.05) is 0 Å². The van der Waals surface area contributed by atoms with Crippen LogP contribution in [0.15, 0.2) is 29.9 Å². The maximum absolute atomic E-state index is 3.26. The van der Waals surface area contributed by atoms with Gasteiger partial charge >= 0.3 is 0 Å². The summed E-state index contributed by atoms with van der Waals surface area (Å²) in [6.45, 7) is 7.55. The molecule has 0 amide bonds. The lowest BCUT2D eigenvalue weighted by Gasteiger charge is -2.20. The van der Waals surface area contributed by atoms with Gasteiger partial charge < -0.3 is 9.80 Å². The van der Waals surface area contributed by atoms with Crippen molar-refractivity contribution in [2.45, 2.75) is 19.9 Å². The topological polar surface area (TPSA) is 6.48 Å². The van der Waals surface area contributed by atoms with Crippen molar-refractivity contribution >= 4 is 16.3 Å². The molecule has 3 heteroatoms. The molecule has 2 nitrogen and oxygen atoms in total. The molecule has 1 aliphatic rings. The van der Waals surface area contributed by atoms with E-state index in [0.717, 1.165) is 0 Å². The van der Waals surface area contributed by atoms with Crippen LogP contribution in [0, 0.1) is 6.67 Å². The van der Waals surface area contributed by atoms with E-state index in [4.69, 9.17) is 0 Å². The smallest absolute Gasteiger partial charge is 0.213 e. The quantitative estimate of drug-likeness (QED) is 0.711. The van der Waals surface area contributed by atoms with Gasteiger partial charge in [0.1, 0.15) is 0 Å². The second-order valence-corrected chi connectivity index (χ2v) is 4.15. The Balaban J connectivity index is 2.04. The number of nitrogens with zero attached hydrogens (tertiary/aromatic N) is 2. The highest BCUT2D eigenvalue weighted by molar-refractivity contribution is 7.14. The van der Waals surface area contributed by atoms with Crippen LogP contribution in [0.2, 0.25) is 0 Å². The zero-order valence-electron chi connectivity index (χ0n) is 7.77. The van der Waals surface area contributed by atoms with Crippen molar-refractivity contribution in [2.24, 2.45) is 0 Å². The average Bonchev–Trinajstić information content (AvgIpc) is 2.75. The molecule has 1 aromatic heterocycles. The maximum Gasteiger partial charge on any atom is 0.213 e. The molecule has 0 saturated carbocycles. The van der Waals surface area contributed by atoms with Crippen molar-refractivity contribution in [3.8, 4) is 0 Å². The Morgan fingerprint density at radius 3 is 2.77 bits per heavy atom. The van der Waals surface area contributed by atoms with Gasteiger partial charge in [-0.05, 0) is 31.4 Å². The molecule has 0 bridgehead atoms. The molecular formula is C10H12N2S. The van der Waals surface area contributed by atoms with Gasteiger partial charge in [0.2, 0.25) is 6.67 Å². The summed E-state index contributed by atoms with van der Waals surface area (Å²) in [5.74, 6) is 0. The highest BCUT2D eigenvalue weighted by atomic mass is 32.1. The molecule has 0 saturated heterocycles. The van der Waals surface area contributed by atoms with Crippen molar-refractivity contribution < 1.29 is 0 Å². The Morgan fingerprint density at radius 1 is 1.38 bits per heavy atom. The third-order valence-electron chi connectivity index (χ3n) is 1.90. The molecule has 0 unspecified atom stereocenters. The number of rotatable bonds is 2. The van der Waals surface area contributed by atoms with Crippen LogP contribution in [0.1, 0.15) is 13.8 Å². The van der Waals surface area contributed by atoms with Crippen molar-refractivity contribution in [2.75, 3.05) is 4.90 Å². The third kappa shape index (κ3) is 1.70. The summed E-state index contributed by atoms with van der Waals surface area (Å²) in [5, 5.41) is 3.28. The van der Waals surface area contributed by atoms with Crippen LogP contribution < -0.4 is 4.90 Å². The Morgan fingerprint density at radius 2 is 2.23 bits per heavy atom. The predicted octanol–water partition coefficient (Wildman–Crippen LogP) is 2.75. The van der Waals surface area contributed by atoms with Crippen LogP contribution in [0.4, 0.5) is 5.00 Å². The van der Waals surface area contributed by atoms with Crippen LogP contribution in [-0.4, -0.2) is 10.9 Å². The molecule has 0 spiro atoms. The molecule has 2 rings (SSSR count). The Kier molecular flexibility index (Phi) is 2.27. The predicted molar refractivity (Wildman–Crippen MR) is 56.2 cm³/mol. The zero-order valence-corrected chi connectivity index (χ0v) is 8.58. The van der Waals surface area contributed by atoms with Gasteiger partial charge in [-0.15, -0.1) is 11.3 Å². The fourth-order valence-corrected chi connectivity index (χ4v) is 1.82. The van der Waals surface area contributed by atoms with E-state index in [1.165, 1.54) is 5.00 Å². The fourth-order valence-electron chi connectivity index (χ4n) is 1.15. The first-order valence-corrected chi connectivity index (χ1v) is 5.21. The molecular weight excluding hydrogens is 180 g/mol. The highest BCUT2D eigenvalue weighted by Gasteiger charge is 2.18. The number of hydrogen-bond donors (Lipinski definition) is 0. The lowest BCUT2D eigenvalue weighted by molar-refractivity contribution is 0.387. The van der Waals surface area contributed by atoms with E-state index in [9.17, 15) is 0 Å². The molecule has 2 heterocycles. The number of hydrogen-bond acceptors (Lipinski definition) is 3. The molecule has 0 fully saturated rings. The first kappa shape index (κ1) is 8.63. The molecule has 2 radical (unpaired) electrons. The molecule has 0 aliphatic carbocycles. The van der Waals surface area contributed by atoms with Crippen LogP contribution >= 0.6 is 11.3 Å². The summed E-state index contributed by atoms with van der Waals surface area (Å²) in [6.07, 6.45) is 4.08. The summed E-state index contributed by atoms with van der Waals surface area (Å²) in [4.78, 5) is 4.09. The van der Waals surface area contributed by atoms with Crippen LogP contribution in [0.3, 0.4) is 0 Å². The van der Waals surface area contributed by atoms with E-state index in [0.29, 0.717) is 6.04 Å². The van der Waals surface area contributed by atoms with Crippen LogP contribution in [-0.2, 0) is 0 Å². The van der Waals surface area contributed by atoms with E-state index >= 15 is 0 Å². The third-order valence-corrected chi connectivity index (χ3v) is 2.77. The van der Waals surface area contributed by atoms with Crippen molar-refractivity contribution in [3.63, 3.8) is 0 Å². The molecule has 13 heavy (non-hydrogen) atoms. The minimum absolute atomic E-state index is 0.473. The van der Waals surface area contributed by atoms with Crippen molar-refractivity contribution in [1.82, 2.24) is 4.90 Å². The summed E-state index contributed by atoms with van der Waals surface area (Å²) < 4.78 is 0. The Hall–Kier alpha value is -0.960. The zero-order chi connectivity index (χ0) is 9.26. The fraction of sp³-hybridized carbons (Fsp3) is 0.300. The number of thiophene rings is 1. The van der Waals surface area contributed by atoms with Gasteiger partial charge in [0, 0.05) is 18.4 Å². The SMILES string of the molecule is CC(C)N1[C]N(c2cccs2)C=C1. The molecule has 0 atom stereocenters. The van der Waals surface area contributed by atoms with E-state index in [1.54, 1.807) is 11.3 Å². The average molecular weight is 192 g/mol. The van der Waals surface area contributed by atoms with Gasteiger partial charge in [0.25, 0.3) is 0 Å². The van der Waals surface area contributed by atoms with Gasteiger partial charge in [-0.25, -0.2) is 0 Å². The van der Waals surface area contributed by atoms with E-state index < -0.39 is 0 Å². The summed E-state index contributed by atoms with van der Waals surface area (Å²) in [7, 11) is 0. The van der Waals surface area contributed by atoms with E-state index in [-0.39, 0.29) is 0 Å². The van der Waals surface area contributed by atoms with Crippen molar-refractivity contribution in [3.05, 3.63) is 36.6 Å². The highest BCUT2D eigenvalue weighted by Crippen LogP contribution is 2.27. The largest absolute Gasteiger partial charge is 0.343 e. The molecule has 0 N–H and O–H groups in total. The molecule has 1 aliphatic heterocycles. The van der Waals surface area contributed by atoms with Gasteiger partial charge in [-0.3, -0.25) is 0 Å². The monoisotopic (exact) mass is 192 g/mol. The van der Waals surface area contributed by atoms with E-state index in [2.05, 4.69) is 36.9 Å². The first-order chi connectivity index (χ1) is 6.27. The van der Waals surface area contributed by atoms with Crippen LogP contribution in [0.25, 0.3) is 0 Å². The van der Waals surface area contributed by atoms with Crippen molar-refractivity contribution in [1.29, 1.82) is 0 Å².